The van der Waals surface area contributed by atoms with Gasteiger partial charge in [-0.2, -0.15) is 0 Å². The van der Waals surface area contributed by atoms with Crippen LogP contribution in [0.25, 0.3) is 11.0 Å². The second-order valence-electron chi connectivity index (χ2n) is 5.74. The Morgan fingerprint density at radius 2 is 2.05 bits per heavy atom. The van der Waals surface area contributed by atoms with Gasteiger partial charge < -0.3 is 14.6 Å². The van der Waals surface area contributed by atoms with Crippen LogP contribution in [0.5, 0.6) is 0 Å². The van der Waals surface area contributed by atoms with Crippen molar-refractivity contribution in [3.63, 3.8) is 0 Å². The molecule has 1 N–H and O–H groups in total. The highest BCUT2D eigenvalue weighted by atomic mass is 16.5. The van der Waals surface area contributed by atoms with Gasteiger partial charge in [0.15, 0.2) is 0 Å². The normalized spacial score (nSPS) is 12.2. The van der Waals surface area contributed by atoms with Gasteiger partial charge in [0.05, 0.1) is 23.2 Å². The minimum absolute atomic E-state index is 0.151. The first-order valence-corrected chi connectivity index (χ1v) is 7.27. The number of nitrogens with one attached hydrogen (secondary N) is 1. The lowest BCUT2D eigenvalue weighted by Crippen LogP contribution is -2.36. The third-order valence-corrected chi connectivity index (χ3v) is 3.57. The van der Waals surface area contributed by atoms with Crippen molar-refractivity contribution in [2.45, 2.75) is 45.9 Å². The molecule has 0 atom stereocenters. The Hall–Kier alpha value is -1.39. The lowest BCUT2D eigenvalue weighted by Gasteiger charge is -2.23. The molecule has 0 radical (unpaired) electrons. The number of fused-ring (bicyclic) bond motifs is 1. The number of hydrogen-bond donors (Lipinski definition) is 1. The van der Waals surface area contributed by atoms with Gasteiger partial charge in [0.2, 0.25) is 0 Å². The first-order chi connectivity index (χ1) is 9.57. The van der Waals surface area contributed by atoms with Crippen molar-refractivity contribution in [1.29, 1.82) is 0 Å². The number of benzene rings is 1. The standard InChI is InChI=1S/C16H25N3O/c1-5-10-19-14-9-7-6-8-13(14)18-15(19)11-17-12-16(2,3)20-4/h6-9,17H,5,10-12H2,1-4H3. The molecule has 1 aromatic heterocycles. The van der Waals surface area contributed by atoms with Gasteiger partial charge in [0.25, 0.3) is 0 Å². The van der Waals surface area contributed by atoms with E-state index in [4.69, 9.17) is 9.72 Å². The van der Waals surface area contributed by atoms with Crippen LogP contribution in [0.1, 0.15) is 33.0 Å². The van der Waals surface area contributed by atoms with Crippen molar-refractivity contribution >= 4 is 11.0 Å². The Bertz CT molecular complexity index is 560. The molecule has 4 heteroatoms. The van der Waals surface area contributed by atoms with Crippen LogP contribution in [-0.2, 0) is 17.8 Å². The fraction of sp³-hybridized carbons (Fsp3) is 0.562. The van der Waals surface area contributed by atoms with Crippen LogP contribution in [0.3, 0.4) is 0 Å². The highest BCUT2D eigenvalue weighted by molar-refractivity contribution is 5.75. The monoisotopic (exact) mass is 275 g/mol. The van der Waals surface area contributed by atoms with Crippen LogP contribution in [0.4, 0.5) is 0 Å². The second-order valence-corrected chi connectivity index (χ2v) is 5.74. The van der Waals surface area contributed by atoms with E-state index < -0.39 is 0 Å². The molecule has 1 aromatic carbocycles. The predicted octanol–water partition coefficient (Wildman–Crippen LogP) is 2.96. The van der Waals surface area contributed by atoms with E-state index in [1.54, 1.807) is 7.11 Å². The molecule has 0 aliphatic heterocycles. The molecule has 0 unspecified atom stereocenters. The lowest BCUT2D eigenvalue weighted by molar-refractivity contribution is 0.0229. The van der Waals surface area contributed by atoms with E-state index in [0.717, 1.165) is 37.4 Å². The van der Waals surface area contributed by atoms with E-state index in [1.807, 2.05) is 6.07 Å². The van der Waals surface area contributed by atoms with Crippen molar-refractivity contribution in [3.8, 4) is 0 Å². The predicted molar refractivity (Wildman–Crippen MR) is 82.8 cm³/mol. The van der Waals surface area contributed by atoms with E-state index in [-0.39, 0.29) is 5.60 Å². The quantitative estimate of drug-likeness (QED) is 0.844. The molecule has 0 amide bonds. The Balaban J connectivity index is 2.14. The molecule has 0 saturated heterocycles. The Labute approximate surface area is 121 Å². The lowest BCUT2D eigenvalue weighted by atomic mass is 10.1. The number of aromatic nitrogens is 2. The topological polar surface area (TPSA) is 39.1 Å². The van der Waals surface area contributed by atoms with Crippen LogP contribution in [0.15, 0.2) is 24.3 Å². The molecule has 2 aromatic rings. The van der Waals surface area contributed by atoms with E-state index in [0.29, 0.717) is 0 Å². The molecule has 4 nitrogen and oxygen atoms in total. The summed E-state index contributed by atoms with van der Waals surface area (Å²) in [6.07, 6.45) is 1.11. The minimum atomic E-state index is -0.151. The molecule has 0 aliphatic carbocycles. The number of imidazole rings is 1. The molecule has 0 fully saturated rings. The fourth-order valence-corrected chi connectivity index (χ4v) is 2.28. The molecular weight excluding hydrogens is 250 g/mol. The number of para-hydroxylation sites is 2. The minimum Gasteiger partial charge on any atom is -0.377 e. The van der Waals surface area contributed by atoms with E-state index in [9.17, 15) is 0 Å². The molecule has 0 saturated carbocycles. The van der Waals surface area contributed by atoms with Gasteiger partial charge in [0.1, 0.15) is 5.82 Å². The zero-order chi connectivity index (χ0) is 14.6. The summed E-state index contributed by atoms with van der Waals surface area (Å²) in [5, 5.41) is 3.44. The third-order valence-electron chi connectivity index (χ3n) is 3.57. The summed E-state index contributed by atoms with van der Waals surface area (Å²) in [6.45, 7) is 8.93. The number of aryl methyl sites for hydroxylation is 1. The van der Waals surface area contributed by atoms with Crippen LogP contribution in [0.2, 0.25) is 0 Å². The first kappa shape index (κ1) is 15.0. The van der Waals surface area contributed by atoms with Gasteiger partial charge in [-0.05, 0) is 32.4 Å². The SMILES string of the molecule is CCCn1c(CNCC(C)(C)OC)nc2ccccc21. The van der Waals surface area contributed by atoms with Gasteiger partial charge in [-0.15, -0.1) is 0 Å². The van der Waals surface area contributed by atoms with Crippen LogP contribution in [-0.4, -0.2) is 28.8 Å². The average molecular weight is 275 g/mol. The van der Waals surface area contributed by atoms with Gasteiger partial charge >= 0.3 is 0 Å². The smallest absolute Gasteiger partial charge is 0.123 e. The van der Waals surface area contributed by atoms with Crippen molar-refractivity contribution < 1.29 is 4.74 Å². The van der Waals surface area contributed by atoms with E-state index >= 15 is 0 Å². The Kier molecular flexibility index (Phi) is 4.78. The van der Waals surface area contributed by atoms with Gasteiger partial charge in [0, 0.05) is 20.2 Å². The van der Waals surface area contributed by atoms with E-state index in [2.05, 4.69) is 48.9 Å². The highest BCUT2D eigenvalue weighted by Crippen LogP contribution is 2.16. The number of ether oxygens (including phenoxy) is 1. The van der Waals surface area contributed by atoms with Gasteiger partial charge in [-0.25, -0.2) is 4.98 Å². The highest BCUT2D eigenvalue weighted by Gasteiger charge is 2.16. The summed E-state index contributed by atoms with van der Waals surface area (Å²) in [6, 6.07) is 8.32. The molecule has 0 bridgehead atoms. The zero-order valence-electron chi connectivity index (χ0n) is 12.9. The number of methoxy groups -OCH3 is 1. The average Bonchev–Trinajstić information content (AvgIpc) is 2.78. The number of rotatable bonds is 7. The molecule has 110 valence electrons. The summed E-state index contributed by atoms with van der Waals surface area (Å²) < 4.78 is 7.73. The maximum atomic E-state index is 5.42. The molecular formula is C16H25N3O. The third kappa shape index (κ3) is 3.38. The largest absolute Gasteiger partial charge is 0.377 e. The van der Waals surface area contributed by atoms with Gasteiger partial charge in [-0.1, -0.05) is 19.1 Å². The van der Waals surface area contributed by atoms with Crippen molar-refractivity contribution in [1.82, 2.24) is 14.9 Å². The van der Waals surface area contributed by atoms with Crippen LogP contribution >= 0.6 is 0 Å². The number of hydrogen-bond acceptors (Lipinski definition) is 3. The summed E-state index contributed by atoms with van der Waals surface area (Å²) in [7, 11) is 1.74. The molecule has 20 heavy (non-hydrogen) atoms. The summed E-state index contributed by atoms with van der Waals surface area (Å²) in [5.74, 6) is 1.10. The molecule has 1 heterocycles. The van der Waals surface area contributed by atoms with Gasteiger partial charge in [-0.3, -0.25) is 0 Å². The Morgan fingerprint density at radius 3 is 2.75 bits per heavy atom. The van der Waals surface area contributed by atoms with Crippen molar-refractivity contribution in [2.24, 2.45) is 0 Å². The summed E-state index contributed by atoms with van der Waals surface area (Å²) in [4.78, 5) is 4.74. The summed E-state index contributed by atoms with van der Waals surface area (Å²) in [5.41, 5.74) is 2.14. The molecule has 2 rings (SSSR count). The van der Waals surface area contributed by atoms with E-state index in [1.165, 1.54) is 5.52 Å². The summed E-state index contributed by atoms with van der Waals surface area (Å²) >= 11 is 0. The van der Waals surface area contributed by atoms with Crippen LogP contribution < -0.4 is 5.32 Å². The molecule has 0 aliphatic rings. The second kappa shape index (κ2) is 6.37. The Morgan fingerprint density at radius 1 is 1.30 bits per heavy atom. The number of nitrogens with zero attached hydrogens (tertiary/aromatic N) is 2. The zero-order valence-corrected chi connectivity index (χ0v) is 12.9. The van der Waals surface area contributed by atoms with Crippen molar-refractivity contribution in [2.75, 3.05) is 13.7 Å². The maximum Gasteiger partial charge on any atom is 0.123 e. The fourth-order valence-electron chi connectivity index (χ4n) is 2.28. The van der Waals surface area contributed by atoms with Crippen molar-refractivity contribution in [3.05, 3.63) is 30.1 Å². The maximum absolute atomic E-state index is 5.42. The van der Waals surface area contributed by atoms with Crippen LogP contribution in [0, 0.1) is 0 Å². The molecule has 0 spiro atoms. The first-order valence-electron chi connectivity index (χ1n) is 7.27.